The van der Waals surface area contributed by atoms with Crippen molar-refractivity contribution in [3.63, 3.8) is 0 Å². The average Bonchev–Trinajstić information content (AvgIpc) is 2.69. The van der Waals surface area contributed by atoms with Crippen LogP contribution < -0.4 is 15.0 Å². The molecule has 2 aromatic rings. The fourth-order valence-electron chi connectivity index (χ4n) is 3.05. The smallest absolute Gasteiger partial charge is 0.224 e. The van der Waals surface area contributed by atoms with Gasteiger partial charge in [-0.3, -0.25) is 9.59 Å². The monoisotopic (exact) mass is 402 g/mol. The topological polar surface area (TPSA) is 58.6 Å². The number of amides is 1. The number of ether oxygens (including phenoxy) is 1. The number of ketones is 1. The number of Topliss-reactive ketones (excluding diaryl/α,β-unsaturated/α-hetero) is 1. The molecule has 2 aromatic carbocycles. The predicted octanol–water partition coefficient (Wildman–Crippen LogP) is 5.10. The van der Waals surface area contributed by atoms with Crippen LogP contribution in [0.4, 0.5) is 11.4 Å². The SMILES string of the molecule is CCN(CC)c1ccc(NC(=O)CCC(=O)c2cc(Cl)ccc2OC)c(C)c1. The number of nitrogens with zero attached hydrogens (tertiary/aromatic N) is 1. The molecule has 5 nitrogen and oxygen atoms in total. The highest BCUT2D eigenvalue weighted by molar-refractivity contribution is 6.31. The van der Waals surface area contributed by atoms with Crippen molar-refractivity contribution in [3.05, 3.63) is 52.5 Å². The lowest BCUT2D eigenvalue weighted by molar-refractivity contribution is -0.116. The van der Waals surface area contributed by atoms with E-state index in [0.29, 0.717) is 16.3 Å². The summed E-state index contributed by atoms with van der Waals surface area (Å²) in [5, 5.41) is 3.35. The number of carbonyl (C=O) groups excluding carboxylic acids is 2. The quantitative estimate of drug-likeness (QED) is 0.592. The lowest BCUT2D eigenvalue weighted by Gasteiger charge is -2.22. The van der Waals surface area contributed by atoms with Crippen LogP contribution in [-0.2, 0) is 4.79 Å². The van der Waals surface area contributed by atoms with E-state index in [1.54, 1.807) is 18.2 Å². The summed E-state index contributed by atoms with van der Waals surface area (Å²) in [5.41, 5.74) is 3.26. The first-order valence-electron chi connectivity index (χ1n) is 9.41. The number of hydrogen-bond acceptors (Lipinski definition) is 4. The summed E-state index contributed by atoms with van der Waals surface area (Å²) in [6, 6.07) is 10.8. The van der Waals surface area contributed by atoms with Crippen molar-refractivity contribution in [2.24, 2.45) is 0 Å². The summed E-state index contributed by atoms with van der Waals surface area (Å²) < 4.78 is 5.20. The van der Waals surface area contributed by atoms with Gasteiger partial charge in [0.1, 0.15) is 5.75 Å². The van der Waals surface area contributed by atoms with Crippen molar-refractivity contribution in [2.75, 3.05) is 30.4 Å². The van der Waals surface area contributed by atoms with Crippen LogP contribution in [0.3, 0.4) is 0 Å². The Morgan fingerprint density at radius 3 is 2.39 bits per heavy atom. The second-order valence-corrected chi connectivity index (χ2v) is 6.92. The van der Waals surface area contributed by atoms with Crippen molar-refractivity contribution in [2.45, 2.75) is 33.6 Å². The van der Waals surface area contributed by atoms with E-state index in [0.717, 1.165) is 30.0 Å². The lowest BCUT2D eigenvalue weighted by atomic mass is 10.0. The number of anilines is 2. The largest absolute Gasteiger partial charge is 0.496 e. The zero-order valence-corrected chi connectivity index (χ0v) is 17.6. The minimum absolute atomic E-state index is 0.0825. The van der Waals surface area contributed by atoms with E-state index in [2.05, 4.69) is 30.1 Å². The van der Waals surface area contributed by atoms with Gasteiger partial charge in [-0.05, 0) is 62.7 Å². The van der Waals surface area contributed by atoms with Crippen molar-refractivity contribution in [1.29, 1.82) is 0 Å². The summed E-state index contributed by atoms with van der Waals surface area (Å²) in [4.78, 5) is 27.0. The van der Waals surface area contributed by atoms with Gasteiger partial charge in [-0.15, -0.1) is 0 Å². The molecule has 0 unspecified atom stereocenters. The van der Waals surface area contributed by atoms with Gasteiger partial charge in [0.15, 0.2) is 5.78 Å². The molecule has 0 aliphatic heterocycles. The molecule has 150 valence electrons. The molecule has 0 saturated carbocycles. The molecule has 0 aliphatic carbocycles. The molecule has 0 radical (unpaired) electrons. The molecular weight excluding hydrogens is 376 g/mol. The number of carbonyl (C=O) groups is 2. The van der Waals surface area contributed by atoms with Gasteiger partial charge in [0.2, 0.25) is 5.91 Å². The molecule has 0 saturated heterocycles. The van der Waals surface area contributed by atoms with E-state index in [4.69, 9.17) is 16.3 Å². The Morgan fingerprint density at radius 1 is 1.07 bits per heavy atom. The van der Waals surface area contributed by atoms with Crippen LogP contribution in [0.2, 0.25) is 5.02 Å². The summed E-state index contributed by atoms with van der Waals surface area (Å²) in [5.74, 6) is 0.0776. The number of halogens is 1. The van der Waals surface area contributed by atoms with Crippen LogP contribution in [-0.4, -0.2) is 31.9 Å². The molecule has 0 aliphatic rings. The van der Waals surface area contributed by atoms with Crippen molar-refractivity contribution >= 4 is 34.7 Å². The van der Waals surface area contributed by atoms with Gasteiger partial charge in [0.25, 0.3) is 0 Å². The third kappa shape index (κ3) is 5.49. The van der Waals surface area contributed by atoms with Crippen molar-refractivity contribution in [3.8, 4) is 5.75 Å². The number of hydrogen-bond donors (Lipinski definition) is 1. The molecule has 28 heavy (non-hydrogen) atoms. The number of rotatable bonds is 9. The number of nitrogens with one attached hydrogen (secondary N) is 1. The Balaban J connectivity index is 1.99. The van der Waals surface area contributed by atoms with Crippen LogP contribution in [0.25, 0.3) is 0 Å². The average molecular weight is 403 g/mol. The van der Waals surface area contributed by atoms with Gasteiger partial charge in [-0.1, -0.05) is 11.6 Å². The van der Waals surface area contributed by atoms with Gasteiger partial charge in [0, 0.05) is 42.3 Å². The molecular formula is C22H27ClN2O3. The molecule has 1 N–H and O–H groups in total. The van der Waals surface area contributed by atoms with Crippen molar-refractivity contribution in [1.82, 2.24) is 0 Å². The maximum absolute atomic E-state index is 12.5. The molecule has 6 heteroatoms. The third-order valence-electron chi connectivity index (χ3n) is 4.65. The molecule has 0 atom stereocenters. The highest BCUT2D eigenvalue weighted by Gasteiger charge is 2.15. The predicted molar refractivity (Wildman–Crippen MR) is 115 cm³/mol. The van der Waals surface area contributed by atoms with Gasteiger partial charge in [0.05, 0.1) is 12.7 Å². The Kier molecular flexibility index (Phi) is 7.88. The van der Waals surface area contributed by atoms with E-state index in [1.165, 1.54) is 7.11 Å². The van der Waals surface area contributed by atoms with Crippen LogP contribution in [0.1, 0.15) is 42.6 Å². The maximum Gasteiger partial charge on any atom is 0.224 e. The highest BCUT2D eigenvalue weighted by atomic mass is 35.5. The summed E-state index contributed by atoms with van der Waals surface area (Å²) in [6.45, 7) is 8.04. The van der Waals surface area contributed by atoms with Gasteiger partial charge < -0.3 is 15.0 Å². The maximum atomic E-state index is 12.5. The second kappa shape index (κ2) is 10.1. The lowest BCUT2D eigenvalue weighted by Crippen LogP contribution is -2.22. The van der Waals surface area contributed by atoms with E-state index in [1.807, 2.05) is 19.1 Å². The second-order valence-electron chi connectivity index (χ2n) is 6.49. The molecule has 0 bridgehead atoms. The molecule has 0 aromatic heterocycles. The number of methoxy groups -OCH3 is 1. The minimum atomic E-state index is -0.201. The van der Waals surface area contributed by atoms with Gasteiger partial charge in [-0.25, -0.2) is 0 Å². The molecule has 1 amide bonds. The first-order chi connectivity index (χ1) is 13.4. The van der Waals surface area contributed by atoms with Gasteiger partial charge in [-0.2, -0.15) is 0 Å². The zero-order chi connectivity index (χ0) is 20.7. The summed E-state index contributed by atoms with van der Waals surface area (Å²) in [6.07, 6.45) is 0.171. The first kappa shape index (κ1) is 21.8. The van der Waals surface area contributed by atoms with E-state index in [-0.39, 0.29) is 24.5 Å². The molecule has 0 fully saturated rings. The van der Waals surface area contributed by atoms with Crippen molar-refractivity contribution < 1.29 is 14.3 Å². The molecule has 0 spiro atoms. The number of benzene rings is 2. The third-order valence-corrected chi connectivity index (χ3v) is 4.89. The summed E-state index contributed by atoms with van der Waals surface area (Å²) in [7, 11) is 1.50. The standard InChI is InChI=1S/C22H27ClN2O3/c1-5-25(6-2)17-8-9-19(15(3)13-17)24-22(27)12-10-20(26)18-14-16(23)7-11-21(18)28-4/h7-9,11,13-14H,5-6,10,12H2,1-4H3,(H,24,27). The van der Waals surface area contributed by atoms with E-state index in [9.17, 15) is 9.59 Å². The normalized spacial score (nSPS) is 10.5. The Morgan fingerprint density at radius 2 is 1.79 bits per heavy atom. The van der Waals surface area contributed by atoms with Crippen LogP contribution in [0.15, 0.2) is 36.4 Å². The minimum Gasteiger partial charge on any atom is -0.496 e. The Hall–Kier alpha value is -2.53. The van der Waals surface area contributed by atoms with Crippen LogP contribution >= 0.6 is 11.6 Å². The van der Waals surface area contributed by atoms with E-state index >= 15 is 0 Å². The van der Waals surface area contributed by atoms with E-state index < -0.39 is 0 Å². The Bertz CT molecular complexity index is 848. The zero-order valence-electron chi connectivity index (χ0n) is 16.8. The highest BCUT2D eigenvalue weighted by Crippen LogP contribution is 2.25. The number of aryl methyl sites for hydroxylation is 1. The summed E-state index contributed by atoms with van der Waals surface area (Å²) >= 11 is 5.97. The molecule has 0 heterocycles. The van der Waals surface area contributed by atoms with Crippen LogP contribution in [0.5, 0.6) is 5.75 Å². The van der Waals surface area contributed by atoms with Gasteiger partial charge >= 0.3 is 0 Å². The molecule has 2 rings (SSSR count). The fourth-order valence-corrected chi connectivity index (χ4v) is 3.22. The fraction of sp³-hybridized carbons (Fsp3) is 0.364. The van der Waals surface area contributed by atoms with Crippen LogP contribution in [0, 0.1) is 6.92 Å². The Labute approximate surface area is 171 Å². The first-order valence-corrected chi connectivity index (χ1v) is 9.79.